The van der Waals surface area contributed by atoms with Gasteiger partial charge in [-0.25, -0.2) is 4.98 Å². The minimum Gasteiger partial charge on any atom is -0.475 e. The van der Waals surface area contributed by atoms with Crippen molar-refractivity contribution in [2.24, 2.45) is 0 Å². The fourth-order valence-corrected chi connectivity index (χ4v) is 1.52. The molecule has 0 amide bonds. The Morgan fingerprint density at radius 2 is 2.00 bits per heavy atom. The van der Waals surface area contributed by atoms with Gasteiger partial charge in [-0.1, -0.05) is 27.7 Å². The molecule has 96 valence electrons. The first-order chi connectivity index (χ1) is 7.86. The predicted octanol–water partition coefficient (Wildman–Crippen LogP) is 4.30. The molecule has 1 atom stereocenters. The smallest absolute Gasteiger partial charge is 0.214 e. The number of alkyl halides is 1. The Morgan fingerprint density at radius 1 is 1.35 bits per heavy atom. The van der Waals surface area contributed by atoms with Crippen molar-refractivity contribution in [3.63, 3.8) is 0 Å². The zero-order valence-corrected chi connectivity index (χ0v) is 12.1. The molecule has 0 radical (unpaired) electrons. The summed E-state index contributed by atoms with van der Waals surface area (Å²) in [7, 11) is 0. The first kappa shape index (κ1) is 14.3. The summed E-state index contributed by atoms with van der Waals surface area (Å²) in [5.74, 6) is 1.17. The summed E-state index contributed by atoms with van der Waals surface area (Å²) in [4.78, 5) is 4.56. The molecule has 1 rings (SSSR count). The van der Waals surface area contributed by atoms with Crippen LogP contribution in [-0.2, 0) is 11.3 Å². The summed E-state index contributed by atoms with van der Waals surface area (Å²) in [6, 6.07) is 3.98. The Kier molecular flexibility index (Phi) is 4.81. The molecule has 1 aromatic heterocycles. The van der Waals surface area contributed by atoms with Crippen LogP contribution in [-0.4, -0.2) is 11.1 Å². The number of hydrogen-bond donors (Lipinski definition) is 0. The lowest BCUT2D eigenvalue weighted by Gasteiger charge is -2.20. The van der Waals surface area contributed by atoms with Crippen LogP contribution in [0.3, 0.4) is 0 Å². The van der Waals surface area contributed by atoms with Crippen molar-refractivity contribution in [2.75, 3.05) is 0 Å². The number of hydrogen-bond acceptors (Lipinski definition) is 2. The van der Waals surface area contributed by atoms with Crippen molar-refractivity contribution in [1.82, 2.24) is 4.98 Å². The van der Waals surface area contributed by atoms with Crippen LogP contribution < -0.4 is 4.74 Å². The van der Waals surface area contributed by atoms with Gasteiger partial charge in [0.1, 0.15) is 0 Å². The van der Waals surface area contributed by atoms with Gasteiger partial charge in [-0.15, -0.1) is 11.6 Å². The Labute approximate surface area is 109 Å². The predicted molar refractivity (Wildman–Crippen MR) is 72.9 cm³/mol. The van der Waals surface area contributed by atoms with E-state index in [0.717, 1.165) is 17.7 Å². The molecule has 0 N–H and O–H groups in total. The van der Waals surface area contributed by atoms with Crippen LogP contribution in [0, 0.1) is 0 Å². The maximum absolute atomic E-state index is 5.91. The summed E-state index contributed by atoms with van der Waals surface area (Å²) >= 11 is 5.91. The fraction of sp³-hybridized carbons (Fsp3) is 0.643. The van der Waals surface area contributed by atoms with Crippen molar-refractivity contribution in [3.05, 3.63) is 23.4 Å². The van der Waals surface area contributed by atoms with E-state index in [9.17, 15) is 0 Å². The number of rotatable bonds is 4. The van der Waals surface area contributed by atoms with Crippen molar-refractivity contribution in [1.29, 1.82) is 0 Å². The highest BCUT2D eigenvalue weighted by Crippen LogP contribution is 2.25. The van der Waals surface area contributed by atoms with Gasteiger partial charge >= 0.3 is 0 Å². The van der Waals surface area contributed by atoms with Crippen LogP contribution in [0.1, 0.15) is 52.3 Å². The summed E-state index contributed by atoms with van der Waals surface area (Å²) < 4.78 is 5.77. The van der Waals surface area contributed by atoms with E-state index in [1.165, 1.54) is 0 Å². The fourth-order valence-electron chi connectivity index (χ4n) is 1.37. The topological polar surface area (TPSA) is 22.1 Å². The van der Waals surface area contributed by atoms with Gasteiger partial charge in [-0.2, -0.15) is 0 Å². The average molecular weight is 256 g/mol. The third-order valence-corrected chi connectivity index (χ3v) is 2.99. The lowest BCUT2D eigenvalue weighted by Crippen LogP contribution is -2.17. The van der Waals surface area contributed by atoms with Gasteiger partial charge in [0.15, 0.2) is 0 Å². The van der Waals surface area contributed by atoms with Crippen LogP contribution in [0.2, 0.25) is 0 Å². The van der Waals surface area contributed by atoms with E-state index >= 15 is 0 Å². The van der Waals surface area contributed by atoms with Gasteiger partial charge in [-0.3, -0.25) is 0 Å². The van der Waals surface area contributed by atoms with Crippen molar-refractivity contribution in [2.45, 2.75) is 58.4 Å². The van der Waals surface area contributed by atoms with Gasteiger partial charge in [-0.05, 0) is 25.0 Å². The lowest BCUT2D eigenvalue weighted by atomic mass is 9.91. The monoisotopic (exact) mass is 255 g/mol. The molecule has 0 aliphatic rings. The van der Waals surface area contributed by atoms with Crippen molar-refractivity contribution < 1.29 is 4.74 Å². The largest absolute Gasteiger partial charge is 0.475 e. The molecule has 3 heteroatoms. The van der Waals surface area contributed by atoms with Crippen molar-refractivity contribution >= 4 is 11.6 Å². The summed E-state index contributed by atoms with van der Waals surface area (Å²) in [5.41, 5.74) is 2.09. The number of aromatic nitrogens is 1. The Morgan fingerprint density at radius 3 is 2.47 bits per heavy atom. The lowest BCUT2D eigenvalue weighted by molar-refractivity contribution is 0.207. The molecule has 1 unspecified atom stereocenters. The molecule has 1 aromatic rings. The van der Waals surface area contributed by atoms with E-state index < -0.39 is 0 Å². The number of nitrogens with zero attached hydrogens (tertiary/aromatic N) is 1. The molecule has 1 heterocycles. The van der Waals surface area contributed by atoms with Crippen molar-refractivity contribution in [3.8, 4) is 5.88 Å². The molecule has 0 aliphatic heterocycles. The molecule has 0 aliphatic carbocycles. The molecule has 0 spiro atoms. The second-order valence-electron chi connectivity index (χ2n) is 5.42. The number of pyridine rings is 1. The maximum Gasteiger partial charge on any atom is 0.214 e. The van der Waals surface area contributed by atoms with Crippen LogP contribution in [0.15, 0.2) is 12.1 Å². The van der Waals surface area contributed by atoms with E-state index in [1.807, 2.05) is 13.0 Å². The minimum absolute atomic E-state index is 0.00956. The van der Waals surface area contributed by atoms with Crippen LogP contribution in [0.25, 0.3) is 0 Å². The highest BCUT2D eigenvalue weighted by Gasteiger charge is 2.18. The SMILES string of the molecule is CCC(C)Oc1cc(CCl)cc(C(C)(C)C)n1. The Balaban J connectivity index is 3.05. The number of ether oxygens (including phenoxy) is 1. The molecule has 0 fully saturated rings. The Bertz CT molecular complexity index is 371. The normalized spacial score (nSPS) is 13.5. The summed E-state index contributed by atoms with van der Waals surface area (Å²) in [6.45, 7) is 10.6. The summed E-state index contributed by atoms with van der Waals surface area (Å²) in [5, 5.41) is 0. The molecule has 2 nitrogen and oxygen atoms in total. The van der Waals surface area contributed by atoms with Gasteiger partial charge in [0, 0.05) is 17.4 Å². The first-order valence-electron chi connectivity index (χ1n) is 6.11. The zero-order valence-electron chi connectivity index (χ0n) is 11.4. The molecule has 0 bridgehead atoms. The van der Waals surface area contributed by atoms with Gasteiger partial charge in [0.25, 0.3) is 0 Å². The summed E-state index contributed by atoms with van der Waals surface area (Å²) in [6.07, 6.45) is 1.15. The second kappa shape index (κ2) is 5.72. The van der Waals surface area contributed by atoms with Crippen LogP contribution in [0.4, 0.5) is 0 Å². The molecular weight excluding hydrogens is 234 g/mol. The second-order valence-corrected chi connectivity index (χ2v) is 5.69. The van der Waals surface area contributed by atoms with Gasteiger partial charge in [0.05, 0.1) is 11.8 Å². The highest BCUT2D eigenvalue weighted by atomic mass is 35.5. The Hall–Kier alpha value is -0.760. The highest BCUT2D eigenvalue weighted by molar-refractivity contribution is 6.17. The van der Waals surface area contributed by atoms with Gasteiger partial charge < -0.3 is 4.74 Å². The van der Waals surface area contributed by atoms with Gasteiger partial charge in [0.2, 0.25) is 5.88 Å². The minimum atomic E-state index is 0.00956. The first-order valence-corrected chi connectivity index (χ1v) is 6.64. The standard InChI is InChI=1S/C14H22ClNO/c1-6-10(2)17-13-8-11(9-15)7-12(16-13)14(3,4)5/h7-8,10H,6,9H2,1-5H3. The third-order valence-electron chi connectivity index (χ3n) is 2.68. The average Bonchev–Trinajstić information content (AvgIpc) is 2.27. The molecule has 17 heavy (non-hydrogen) atoms. The molecule has 0 aromatic carbocycles. The van der Waals surface area contributed by atoms with E-state index in [1.54, 1.807) is 0 Å². The molecule has 0 saturated carbocycles. The third kappa shape index (κ3) is 4.19. The number of halogens is 1. The van der Waals surface area contributed by atoms with Crippen LogP contribution >= 0.6 is 11.6 Å². The molecular formula is C14H22ClNO. The van der Waals surface area contributed by atoms with E-state index in [4.69, 9.17) is 16.3 Å². The quantitative estimate of drug-likeness (QED) is 0.749. The maximum atomic E-state index is 5.91. The van der Waals surface area contributed by atoms with E-state index in [0.29, 0.717) is 11.8 Å². The van der Waals surface area contributed by atoms with Crippen LogP contribution in [0.5, 0.6) is 5.88 Å². The molecule has 0 saturated heterocycles. The van der Waals surface area contributed by atoms with E-state index in [-0.39, 0.29) is 11.5 Å². The van der Waals surface area contributed by atoms with E-state index in [2.05, 4.69) is 38.7 Å². The zero-order chi connectivity index (χ0) is 13.1.